The summed E-state index contributed by atoms with van der Waals surface area (Å²) in [5, 5.41) is 0. The molecule has 8 heteroatoms. The molecule has 0 aliphatic carbocycles. The van der Waals surface area contributed by atoms with Gasteiger partial charge in [-0.1, -0.05) is 6.92 Å². The number of carbonyl (C=O) groups excluding carboxylic acids is 2. The largest absolute Gasteiger partial charge is 0.489 e. The number of Topliss-reactive ketones (excluding diaryl/α,β-unsaturated/α-hetero) is 1. The number of anilines is 1. The lowest BCUT2D eigenvalue weighted by Crippen LogP contribution is -2.37. The van der Waals surface area contributed by atoms with Crippen molar-refractivity contribution < 1.29 is 27.5 Å². The molecule has 0 fully saturated rings. The van der Waals surface area contributed by atoms with E-state index in [9.17, 15) is 18.0 Å². The van der Waals surface area contributed by atoms with E-state index in [1.165, 1.54) is 10.4 Å². The van der Waals surface area contributed by atoms with Crippen molar-refractivity contribution >= 4 is 27.5 Å². The van der Waals surface area contributed by atoms with E-state index in [4.69, 9.17) is 9.47 Å². The van der Waals surface area contributed by atoms with Crippen LogP contribution >= 0.6 is 0 Å². The van der Waals surface area contributed by atoms with E-state index in [1.807, 2.05) is 6.92 Å². The summed E-state index contributed by atoms with van der Waals surface area (Å²) in [4.78, 5) is 24.4. The molecule has 0 saturated heterocycles. The van der Waals surface area contributed by atoms with Gasteiger partial charge < -0.3 is 9.47 Å². The first-order valence-electron chi connectivity index (χ1n) is 8.22. The lowest BCUT2D eigenvalue weighted by Gasteiger charge is -2.29. The number of ketones is 1. The lowest BCUT2D eigenvalue weighted by atomic mass is 9.92. The molecule has 0 bridgehead atoms. The van der Waals surface area contributed by atoms with Crippen LogP contribution in [-0.2, 0) is 19.6 Å². The normalized spacial score (nSPS) is 15.1. The van der Waals surface area contributed by atoms with Gasteiger partial charge in [0.2, 0.25) is 10.0 Å². The Kier molecular flexibility index (Phi) is 6.05. The molecule has 25 heavy (non-hydrogen) atoms. The number of nitrogens with zero attached hydrogens (tertiary/aromatic N) is 1. The number of hydrogen-bond acceptors (Lipinski definition) is 6. The van der Waals surface area contributed by atoms with Crippen molar-refractivity contribution in [3.8, 4) is 5.75 Å². The van der Waals surface area contributed by atoms with Gasteiger partial charge in [-0.25, -0.2) is 8.42 Å². The van der Waals surface area contributed by atoms with Gasteiger partial charge in [-0.3, -0.25) is 13.9 Å². The Morgan fingerprint density at radius 1 is 1.32 bits per heavy atom. The first kappa shape index (κ1) is 19.2. The maximum atomic E-state index is 12.7. The van der Waals surface area contributed by atoms with Crippen molar-refractivity contribution in [1.82, 2.24) is 0 Å². The fraction of sp³-hybridized carbons (Fsp3) is 0.529. The third-order valence-corrected chi connectivity index (χ3v) is 5.23. The van der Waals surface area contributed by atoms with Crippen LogP contribution in [0.2, 0.25) is 0 Å². The van der Waals surface area contributed by atoms with E-state index < -0.39 is 21.9 Å². The number of rotatable bonds is 7. The maximum absolute atomic E-state index is 12.7. The summed E-state index contributed by atoms with van der Waals surface area (Å²) in [5.41, 5.74) is 0.708. The van der Waals surface area contributed by atoms with Gasteiger partial charge in [0, 0.05) is 11.5 Å². The number of carbonyl (C=O) groups is 2. The van der Waals surface area contributed by atoms with Gasteiger partial charge in [0.25, 0.3) is 0 Å². The summed E-state index contributed by atoms with van der Waals surface area (Å²) in [5.74, 6) is -0.709. The molecule has 1 heterocycles. The molecule has 0 N–H and O–H groups in total. The lowest BCUT2D eigenvalue weighted by molar-refractivity contribution is -0.143. The fourth-order valence-electron chi connectivity index (χ4n) is 2.77. The predicted octanol–water partition coefficient (Wildman–Crippen LogP) is 2.01. The van der Waals surface area contributed by atoms with E-state index in [0.29, 0.717) is 23.4 Å². The molecule has 1 aromatic carbocycles. The topological polar surface area (TPSA) is 90.0 Å². The number of benzene rings is 1. The van der Waals surface area contributed by atoms with Crippen molar-refractivity contribution in [2.75, 3.05) is 30.3 Å². The third-order valence-electron chi connectivity index (χ3n) is 4.05. The molecule has 1 aromatic rings. The summed E-state index contributed by atoms with van der Waals surface area (Å²) in [6.07, 6.45) is 1.61. The Bertz CT molecular complexity index is 758. The van der Waals surface area contributed by atoms with E-state index in [2.05, 4.69) is 0 Å². The highest BCUT2D eigenvalue weighted by Crippen LogP contribution is 2.34. The summed E-state index contributed by atoms with van der Waals surface area (Å²) in [6, 6.07) is 4.71. The monoisotopic (exact) mass is 369 g/mol. The predicted molar refractivity (Wildman–Crippen MR) is 93.5 cm³/mol. The number of ether oxygens (including phenoxy) is 2. The van der Waals surface area contributed by atoms with Crippen LogP contribution in [0.4, 0.5) is 5.69 Å². The SMILES string of the molecule is CCOC(=O)CC(CC)C(=O)c1ccc2c(c1)N(S(C)(=O)=O)CCO2. The van der Waals surface area contributed by atoms with Crippen molar-refractivity contribution in [1.29, 1.82) is 0 Å². The average molecular weight is 369 g/mol. The molecule has 1 aliphatic heterocycles. The molecule has 1 unspecified atom stereocenters. The van der Waals surface area contributed by atoms with Crippen LogP contribution in [0.5, 0.6) is 5.75 Å². The molecule has 0 saturated carbocycles. The Morgan fingerprint density at radius 3 is 2.64 bits per heavy atom. The summed E-state index contributed by atoms with van der Waals surface area (Å²) in [6.45, 7) is 4.26. The number of fused-ring (bicyclic) bond motifs is 1. The van der Waals surface area contributed by atoms with Crippen LogP contribution in [-0.4, -0.2) is 46.2 Å². The first-order valence-corrected chi connectivity index (χ1v) is 10.1. The zero-order valence-electron chi connectivity index (χ0n) is 14.6. The highest BCUT2D eigenvalue weighted by atomic mass is 32.2. The maximum Gasteiger partial charge on any atom is 0.306 e. The fourth-order valence-corrected chi connectivity index (χ4v) is 3.68. The van der Waals surface area contributed by atoms with Crippen molar-refractivity contribution in [2.24, 2.45) is 5.92 Å². The number of esters is 1. The minimum Gasteiger partial charge on any atom is -0.489 e. The standard InChI is InChI=1S/C17H23NO6S/c1-4-12(11-16(19)23-5-2)17(20)13-6-7-15-14(10-13)18(8-9-24-15)25(3,21)22/h6-7,10,12H,4-5,8-9,11H2,1-3H3. The zero-order valence-corrected chi connectivity index (χ0v) is 15.5. The van der Waals surface area contributed by atoms with Crippen LogP contribution in [0.25, 0.3) is 0 Å². The second-order valence-corrected chi connectivity index (χ2v) is 7.75. The Labute approximate surface area is 148 Å². The average Bonchev–Trinajstić information content (AvgIpc) is 2.57. The van der Waals surface area contributed by atoms with Gasteiger partial charge in [-0.2, -0.15) is 0 Å². The number of hydrogen-bond donors (Lipinski definition) is 0. The van der Waals surface area contributed by atoms with Gasteiger partial charge in [0.05, 0.1) is 31.5 Å². The molecular formula is C17H23NO6S. The third kappa shape index (κ3) is 4.50. The highest BCUT2D eigenvalue weighted by molar-refractivity contribution is 7.92. The Balaban J connectivity index is 2.30. The van der Waals surface area contributed by atoms with Crippen LogP contribution in [0.1, 0.15) is 37.0 Å². The molecule has 2 rings (SSSR count). The minimum absolute atomic E-state index is 0.00650. The van der Waals surface area contributed by atoms with Crippen molar-refractivity contribution in [2.45, 2.75) is 26.7 Å². The van der Waals surface area contributed by atoms with Gasteiger partial charge in [-0.05, 0) is 31.5 Å². The molecule has 7 nitrogen and oxygen atoms in total. The summed E-state index contributed by atoms with van der Waals surface area (Å²) < 4.78 is 35.5. The van der Waals surface area contributed by atoms with Gasteiger partial charge in [0.15, 0.2) is 5.78 Å². The van der Waals surface area contributed by atoms with Crippen molar-refractivity contribution in [3.05, 3.63) is 23.8 Å². The summed E-state index contributed by atoms with van der Waals surface area (Å²) >= 11 is 0. The minimum atomic E-state index is -3.47. The molecule has 0 spiro atoms. The zero-order chi connectivity index (χ0) is 18.6. The first-order chi connectivity index (χ1) is 11.8. The van der Waals surface area contributed by atoms with E-state index in [-0.39, 0.29) is 32.0 Å². The molecule has 0 amide bonds. The quantitative estimate of drug-likeness (QED) is 0.539. The van der Waals surface area contributed by atoms with E-state index in [1.54, 1.807) is 19.1 Å². The molecule has 1 aliphatic rings. The van der Waals surface area contributed by atoms with Crippen molar-refractivity contribution in [3.63, 3.8) is 0 Å². The van der Waals surface area contributed by atoms with E-state index in [0.717, 1.165) is 6.26 Å². The second-order valence-electron chi connectivity index (χ2n) is 5.84. The smallest absolute Gasteiger partial charge is 0.306 e. The highest BCUT2D eigenvalue weighted by Gasteiger charge is 2.28. The van der Waals surface area contributed by atoms with Gasteiger partial charge >= 0.3 is 5.97 Å². The van der Waals surface area contributed by atoms with Gasteiger partial charge in [0.1, 0.15) is 12.4 Å². The van der Waals surface area contributed by atoms with E-state index >= 15 is 0 Å². The van der Waals surface area contributed by atoms with Gasteiger partial charge in [-0.15, -0.1) is 0 Å². The molecule has 0 radical (unpaired) electrons. The number of sulfonamides is 1. The van der Waals surface area contributed by atoms with Crippen LogP contribution in [0, 0.1) is 5.92 Å². The van der Waals surface area contributed by atoms with Crippen LogP contribution in [0.3, 0.4) is 0 Å². The summed E-state index contributed by atoms with van der Waals surface area (Å²) in [7, 11) is -3.47. The molecule has 1 atom stereocenters. The Hall–Kier alpha value is -2.09. The van der Waals surface area contributed by atoms with Crippen LogP contribution in [0.15, 0.2) is 18.2 Å². The molecular weight excluding hydrogens is 346 g/mol. The Morgan fingerprint density at radius 2 is 2.04 bits per heavy atom. The second kappa shape index (κ2) is 7.86. The molecule has 0 aromatic heterocycles. The van der Waals surface area contributed by atoms with Crippen LogP contribution < -0.4 is 9.04 Å². The molecule has 138 valence electrons.